The minimum atomic E-state index is -0.747. The molecule has 0 aliphatic rings. The first kappa shape index (κ1) is 22.6. The van der Waals surface area contributed by atoms with Gasteiger partial charge in [-0.05, 0) is 74.3 Å². The Balaban J connectivity index is 1.73. The lowest BCUT2D eigenvalue weighted by molar-refractivity contribution is -0.128. The van der Waals surface area contributed by atoms with Gasteiger partial charge in [0.2, 0.25) is 5.91 Å². The van der Waals surface area contributed by atoms with Gasteiger partial charge in [-0.25, -0.2) is 0 Å². The first-order valence-electron chi connectivity index (χ1n) is 9.13. The standard InChI is InChI=1S/C21H24ClN3O3S/c1-13-8-10-17(12-14(13)2)28-15(3)20(27)24-25-21(29)23-19(26)11-9-16-6-4-5-7-18(16)22/h4-8,10,12,15H,9,11H2,1-3H3,(H,24,27)(H2,23,25,26,29). The minimum absolute atomic E-state index is 0.000823. The number of amides is 2. The monoisotopic (exact) mass is 433 g/mol. The van der Waals surface area contributed by atoms with Crippen molar-refractivity contribution in [1.29, 1.82) is 0 Å². The molecule has 3 N–H and O–H groups in total. The molecular weight excluding hydrogens is 410 g/mol. The van der Waals surface area contributed by atoms with Gasteiger partial charge < -0.3 is 10.1 Å². The SMILES string of the molecule is Cc1ccc(OC(C)C(=O)NNC(=S)NC(=O)CCc2ccccc2Cl)cc1C. The molecule has 0 saturated carbocycles. The highest BCUT2D eigenvalue weighted by molar-refractivity contribution is 7.80. The van der Waals surface area contributed by atoms with Crippen LogP contribution in [-0.2, 0) is 16.0 Å². The van der Waals surface area contributed by atoms with E-state index in [2.05, 4.69) is 16.2 Å². The van der Waals surface area contributed by atoms with Crippen molar-refractivity contribution in [3.63, 3.8) is 0 Å². The number of hydrogen-bond donors (Lipinski definition) is 3. The minimum Gasteiger partial charge on any atom is -0.481 e. The van der Waals surface area contributed by atoms with E-state index in [1.165, 1.54) is 0 Å². The van der Waals surface area contributed by atoms with Gasteiger partial charge in [0, 0.05) is 11.4 Å². The van der Waals surface area contributed by atoms with Crippen LogP contribution in [0.15, 0.2) is 42.5 Å². The first-order valence-corrected chi connectivity index (χ1v) is 9.92. The zero-order valence-corrected chi connectivity index (χ0v) is 18.1. The van der Waals surface area contributed by atoms with Crippen LogP contribution in [0.1, 0.15) is 30.0 Å². The predicted molar refractivity (Wildman–Crippen MR) is 118 cm³/mol. The summed E-state index contributed by atoms with van der Waals surface area (Å²) < 4.78 is 5.63. The number of carbonyl (C=O) groups excluding carboxylic acids is 2. The van der Waals surface area contributed by atoms with Crippen molar-refractivity contribution in [2.75, 3.05) is 0 Å². The van der Waals surface area contributed by atoms with Crippen LogP contribution in [0.4, 0.5) is 0 Å². The lowest BCUT2D eigenvalue weighted by Crippen LogP contribution is -2.51. The van der Waals surface area contributed by atoms with Gasteiger partial charge in [0.05, 0.1) is 0 Å². The van der Waals surface area contributed by atoms with Gasteiger partial charge in [-0.2, -0.15) is 0 Å². The van der Waals surface area contributed by atoms with Crippen LogP contribution in [0.5, 0.6) is 5.75 Å². The van der Waals surface area contributed by atoms with Gasteiger partial charge in [-0.1, -0.05) is 35.9 Å². The zero-order chi connectivity index (χ0) is 21.4. The topological polar surface area (TPSA) is 79.5 Å². The maximum absolute atomic E-state index is 12.2. The molecule has 8 heteroatoms. The molecular formula is C21H24ClN3O3S. The summed E-state index contributed by atoms with van der Waals surface area (Å²) >= 11 is 11.1. The molecule has 0 fully saturated rings. The fraction of sp³-hybridized carbons (Fsp3) is 0.286. The summed E-state index contributed by atoms with van der Waals surface area (Å²) in [4.78, 5) is 24.2. The molecule has 0 heterocycles. The quantitative estimate of drug-likeness (QED) is 0.480. The number of thiocarbonyl (C=S) groups is 1. The van der Waals surface area contributed by atoms with Crippen LogP contribution < -0.4 is 20.9 Å². The predicted octanol–water partition coefficient (Wildman–Crippen LogP) is 3.38. The Morgan fingerprint density at radius 2 is 1.83 bits per heavy atom. The third-order valence-electron chi connectivity index (χ3n) is 4.29. The number of hydrogen-bond acceptors (Lipinski definition) is 4. The third kappa shape index (κ3) is 7.36. The zero-order valence-electron chi connectivity index (χ0n) is 16.5. The van der Waals surface area contributed by atoms with Gasteiger partial charge in [-0.3, -0.25) is 20.4 Å². The second-order valence-corrected chi connectivity index (χ2v) is 7.40. The Kier molecular flexibility index (Phi) is 8.42. The lowest BCUT2D eigenvalue weighted by Gasteiger charge is -2.17. The van der Waals surface area contributed by atoms with Gasteiger partial charge in [-0.15, -0.1) is 0 Å². The maximum atomic E-state index is 12.2. The van der Waals surface area contributed by atoms with Gasteiger partial charge >= 0.3 is 0 Å². The second kappa shape index (κ2) is 10.8. The van der Waals surface area contributed by atoms with Crippen LogP contribution in [0.2, 0.25) is 5.02 Å². The van der Waals surface area contributed by atoms with E-state index in [9.17, 15) is 9.59 Å². The molecule has 2 rings (SSSR count). The molecule has 0 aliphatic heterocycles. The number of ether oxygens (including phenoxy) is 1. The number of benzene rings is 2. The van der Waals surface area contributed by atoms with E-state index in [1.807, 2.05) is 50.2 Å². The van der Waals surface area contributed by atoms with Crippen LogP contribution in [0.25, 0.3) is 0 Å². The molecule has 0 spiro atoms. The van der Waals surface area contributed by atoms with E-state index in [0.29, 0.717) is 17.2 Å². The van der Waals surface area contributed by atoms with Crippen molar-refractivity contribution < 1.29 is 14.3 Å². The normalized spacial score (nSPS) is 11.3. The van der Waals surface area contributed by atoms with Crippen molar-refractivity contribution in [2.45, 2.75) is 39.7 Å². The molecule has 2 aromatic carbocycles. The van der Waals surface area contributed by atoms with E-state index in [0.717, 1.165) is 16.7 Å². The van der Waals surface area contributed by atoms with E-state index in [4.69, 9.17) is 28.6 Å². The Morgan fingerprint density at radius 3 is 2.52 bits per heavy atom. The first-order chi connectivity index (χ1) is 13.8. The molecule has 0 bridgehead atoms. The number of aryl methyl sites for hydroxylation is 3. The van der Waals surface area contributed by atoms with Crippen molar-refractivity contribution in [1.82, 2.24) is 16.2 Å². The van der Waals surface area contributed by atoms with Crippen molar-refractivity contribution >= 4 is 40.7 Å². The van der Waals surface area contributed by atoms with Gasteiger partial charge in [0.15, 0.2) is 11.2 Å². The van der Waals surface area contributed by atoms with Gasteiger partial charge in [0.1, 0.15) is 5.75 Å². The van der Waals surface area contributed by atoms with Crippen molar-refractivity contribution in [3.05, 3.63) is 64.2 Å². The second-order valence-electron chi connectivity index (χ2n) is 6.59. The fourth-order valence-corrected chi connectivity index (χ4v) is 2.83. The summed E-state index contributed by atoms with van der Waals surface area (Å²) in [5.41, 5.74) is 8.04. The summed E-state index contributed by atoms with van der Waals surface area (Å²) in [5, 5.41) is 3.13. The average Bonchev–Trinajstić information content (AvgIpc) is 2.68. The Hall–Kier alpha value is -2.64. The third-order valence-corrected chi connectivity index (χ3v) is 4.86. The number of halogens is 1. The molecule has 154 valence electrons. The van der Waals surface area contributed by atoms with Gasteiger partial charge in [0.25, 0.3) is 5.91 Å². The molecule has 6 nitrogen and oxygen atoms in total. The lowest BCUT2D eigenvalue weighted by atomic mass is 10.1. The number of rotatable bonds is 6. The Labute approximate surface area is 180 Å². The molecule has 2 amide bonds. The average molecular weight is 434 g/mol. The van der Waals surface area contributed by atoms with Crippen molar-refractivity contribution in [3.8, 4) is 5.75 Å². The van der Waals surface area contributed by atoms with Crippen molar-refractivity contribution in [2.24, 2.45) is 0 Å². The summed E-state index contributed by atoms with van der Waals surface area (Å²) in [6.45, 7) is 5.60. The van der Waals surface area contributed by atoms with Crippen LogP contribution >= 0.6 is 23.8 Å². The summed E-state index contributed by atoms with van der Waals surface area (Å²) in [7, 11) is 0. The summed E-state index contributed by atoms with van der Waals surface area (Å²) in [6.07, 6.45) is -0.0454. The maximum Gasteiger partial charge on any atom is 0.279 e. The molecule has 2 aromatic rings. The Morgan fingerprint density at radius 1 is 1.10 bits per heavy atom. The molecule has 0 saturated heterocycles. The summed E-state index contributed by atoms with van der Waals surface area (Å²) in [6, 6.07) is 12.9. The van der Waals surface area contributed by atoms with E-state index in [1.54, 1.807) is 13.0 Å². The smallest absolute Gasteiger partial charge is 0.279 e. The highest BCUT2D eigenvalue weighted by Gasteiger charge is 2.15. The highest BCUT2D eigenvalue weighted by Crippen LogP contribution is 2.18. The van der Waals surface area contributed by atoms with E-state index in [-0.39, 0.29) is 17.4 Å². The van der Waals surface area contributed by atoms with Crippen LogP contribution in [0.3, 0.4) is 0 Å². The molecule has 0 aromatic heterocycles. The molecule has 29 heavy (non-hydrogen) atoms. The van der Waals surface area contributed by atoms with Crippen LogP contribution in [-0.4, -0.2) is 23.0 Å². The largest absolute Gasteiger partial charge is 0.481 e. The number of hydrazine groups is 1. The summed E-state index contributed by atoms with van der Waals surface area (Å²) in [5.74, 6) is -0.0989. The molecule has 1 unspecified atom stereocenters. The molecule has 0 aliphatic carbocycles. The molecule has 0 radical (unpaired) electrons. The fourth-order valence-electron chi connectivity index (χ4n) is 2.43. The molecule has 1 atom stereocenters. The van der Waals surface area contributed by atoms with E-state index >= 15 is 0 Å². The Bertz CT molecular complexity index is 904. The number of carbonyl (C=O) groups is 2. The highest BCUT2D eigenvalue weighted by atomic mass is 35.5. The van der Waals surface area contributed by atoms with Crippen LogP contribution in [0, 0.1) is 13.8 Å². The number of nitrogens with one attached hydrogen (secondary N) is 3. The van der Waals surface area contributed by atoms with E-state index < -0.39 is 12.0 Å².